The van der Waals surface area contributed by atoms with Crippen LogP contribution in [-0.2, 0) is 17.6 Å². The van der Waals surface area contributed by atoms with Gasteiger partial charge in [0, 0.05) is 35.9 Å². The van der Waals surface area contributed by atoms with E-state index < -0.39 is 0 Å². The molecule has 2 N–H and O–H groups in total. The van der Waals surface area contributed by atoms with Crippen LogP contribution in [0.3, 0.4) is 0 Å². The summed E-state index contributed by atoms with van der Waals surface area (Å²) < 4.78 is 5.62. The lowest BCUT2D eigenvalue weighted by atomic mass is 9.88. The van der Waals surface area contributed by atoms with Gasteiger partial charge >= 0.3 is 0 Å². The normalized spacial score (nSPS) is 15.2. The lowest BCUT2D eigenvalue weighted by Crippen LogP contribution is -2.29. The average molecular weight is 282 g/mol. The molecule has 0 fully saturated rings. The largest absolute Gasteiger partial charge is 0.493 e. The lowest BCUT2D eigenvalue weighted by Gasteiger charge is -2.18. The molecule has 0 saturated heterocycles. The summed E-state index contributed by atoms with van der Waals surface area (Å²) in [6.45, 7) is 5.10. The number of Topliss-reactive ketones (excluding diaryl/α,β-unsaturated/α-hetero) is 1. The third-order valence-corrected chi connectivity index (χ3v) is 3.88. The molecule has 104 valence electrons. The molecule has 0 aliphatic carbocycles. The second kappa shape index (κ2) is 5.93. The predicted molar refractivity (Wildman–Crippen MR) is 76.7 cm³/mol. The Morgan fingerprint density at radius 3 is 2.84 bits per heavy atom. The van der Waals surface area contributed by atoms with Crippen LogP contribution in [-0.4, -0.2) is 18.9 Å². The number of halogens is 1. The molecule has 1 aliphatic rings. The smallest absolute Gasteiger partial charge is 0.141 e. The molecule has 1 unspecified atom stereocenters. The number of ether oxygens (including phenoxy) is 1. The van der Waals surface area contributed by atoms with E-state index in [-0.39, 0.29) is 17.6 Å². The van der Waals surface area contributed by atoms with Gasteiger partial charge in [-0.3, -0.25) is 4.79 Å². The average Bonchev–Trinajstić information content (AvgIpc) is 2.77. The fraction of sp³-hybridized carbons (Fsp3) is 0.533. The zero-order valence-electron chi connectivity index (χ0n) is 11.4. The summed E-state index contributed by atoms with van der Waals surface area (Å²) in [4.78, 5) is 12.3. The highest BCUT2D eigenvalue weighted by Crippen LogP contribution is 2.33. The van der Waals surface area contributed by atoms with Crippen LogP contribution in [0.2, 0.25) is 5.02 Å². The third kappa shape index (κ3) is 3.10. The van der Waals surface area contributed by atoms with Crippen LogP contribution in [0.25, 0.3) is 0 Å². The number of ketones is 1. The molecular weight excluding hydrogens is 262 g/mol. The van der Waals surface area contributed by atoms with Gasteiger partial charge in [0.15, 0.2) is 0 Å². The monoisotopic (exact) mass is 281 g/mol. The summed E-state index contributed by atoms with van der Waals surface area (Å²) in [5.74, 6) is 1.16. The van der Waals surface area contributed by atoms with E-state index in [2.05, 4.69) is 0 Å². The van der Waals surface area contributed by atoms with Crippen molar-refractivity contribution in [2.24, 2.45) is 17.6 Å². The van der Waals surface area contributed by atoms with Crippen molar-refractivity contribution in [2.45, 2.75) is 26.7 Å². The molecule has 4 heteroatoms. The predicted octanol–water partition coefficient (Wildman–Crippen LogP) is 2.62. The van der Waals surface area contributed by atoms with Crippen molar-refractivity contribution in [2.75, 3.05) is 13.2 Å². The summed E-state index contributed by atoms with van der Waals surface area (Å²) in [5.41, 5.74) is 7.69. The first-order valence-electron chi connectivity index (χ1n) is 6.69. The molecule has 0 saturated carbocycles. The van der Waals surface area contributed by atoms with Crippen LogP contribution in [0, 0.1) is 11.8 Å². The van der Waals surface area contributed by atoms with E-state index in [1.807, 2.05) is 26.0 Å². The fourth-order valence-electron chi connectivity index (χ4n) is 2.57. The second-order valence-corrected chi connectivity index (χ2v) is 5.82. The van der Waals surface area contributed by atoms with Gasteiger partial charge in [-0.15, -0.1) is 0 Å². The van der Waals surface area contributed by atoms with Gasteiger partial charge in [0.1, 0.15) is 11.5 Å². The number of rotatable bonds is 5. The second-order valence-electron chi connectivity index (χ2n) is 5.38. The van der Waals surface area contributed by atoms with E-state index in [9.17, 15) is 4.79 Å². The van der Waals surface area contributed by atoms with Crippen molar-refractivity contribution >= 4 is 17.4 Å². The van der Waals surface area contributed by atoms with Gasteiger partial charge in [-0.05, 0) is 23.6 Å². The first kappa shape index (κ1) is 14.4. The number of fused-ring (bicyclic) bond motifs is 1. The minimum absolute atomic E-state index is 0.101. The lowest BCUT2D eigenvalue weighted by molar-refractivity contribution is -0.123. The molecule has 1 aromatic rings. The van der Waals surface area contributed by atoms with E-state index in [1.165, 1.54) is 0 Å². The van der Waals surface area contributed by atoms with Crippen LogP contribution >= 0.6 is 11.6 Å². The van der Waals surface area contributed by atoms with Gasteiger partial charge in [0.2, 0.25) is 0 Å². The van der Waals surface area contributed by atoms with E-state index in [4.69, 9.17) is 22.1 Å². The molecule has 0 amide bonds. The minimum Gasteiger partial charge on any atom is -0.493 e. The summed E-state index contributed by atoms with van der Waals surface area (Å²) in [5, 5.41) is 0.667. The van der Waals surface area contributed by atoms with Crippen LogP contribution < -0.4 is 10.5 Å². The van der Waals surface area contributed by atoms with E-state index >= 15 is 0 Å². The number of benzene rings is 1. The molecule has 1 heterocycles. The van der Waals surface area contributed by atoms with Crippen LogP contribution in [0.5, 0.6) is 5.75 Å². The topological polar surface area (TPSA) is 52.3 Å². The molecule has 19 heavy (non-hydrogen) atoms. The Balaban J connectivity index is 2.22. The van der Waals surface area contributed by atoms with Crippen molar-refractivity contribution < 1.29 is 9.53 Å². The first-order valence-corrected chi connectivity index (χ1v) is 7.07. The Labute approximate surface area is 119 Å². The molecule has 3 nitrogen and oxygen atoms in total. The third-order valence-electron chi connectivity index (χ3n) is 3.66. The van der Waals surface area contributed by atoms with Crippen molar-refractivity contribution in [3.8, 4) is 5.75 Å². The highest BCUT2D eigenvalue weighted by atomic mass is 35.5. The van der Waals surface area contributed by atoms with Crippen molar-refractivity contribution in [3.63, 3.8) is 0 Å². The van der Waals surface area contributed by atoms with Gasteiger partial charge in [0.05, 0.1) is 6.61 Å². The maximum Gasteiger partial charge on any atom is 0.141 e. The molecule has 0 bridgehead atoms. The molecular formula is C15H20ClNO2. The molecule has 0 aromatic heterocycles. The SMILES string of the molecule is CC(C)C(CN)C(=O)Cc1cc(Cl)cc2c1OCC2. The molecule has 1 atom stereocenters. The zero-order chi connectivity index (χ0) is 14.0. The summed E-state index contributed by atoms with van der Waals surface area (Å²) >= 11 is 6.10. The van der Waals surface area contributed by atoms with E-state index in [0.717, 1.165) is 23.3 Å². The molecule has 2 rings (SSSR count). The Morgan fingerprint density at radius 1 is 1.47 bits per heavy atom. The Bertz CT molecular complexity index is 485. The highest BCUT2D eigenvalue weighted by molar-refractivity contribution is 6.30. The molecule has 0 radical (unpaired) electrons. The Hall–Kier alpha value is -1.06. The molecule has 0 spiro atoms. The summed E-state index contributed by atoms with van der Waals surface area (Å²) in [7, 11) is 0. The molecule has 1 aliphatic heterocycles. The summed E-state index contributed by atoms with van der Waals surface area (Å²) in [6.07, 6.45) is 1.21. The Kier molecular flexibility index (Phi) is 4.48. The van der Waals surface area contributed by atoms with Crippen LogP contribution in [0.4, 0.5) is 0 Å². The molecule has 1 aromatic carbocycles. The zero-order valence-corrected chi connectivity index (χ0v) is 12.2. The quantitative estimate of drug-likeness (QED) is 0.903. The maximum absolute atomic E-state index is 12.3. The minimum atomic E-state index is -0.101. The van der Waals surface area contributed by atoms with Crippen molar-refractivity contribution in [3.05, 3.63) is 28.3 Å². The van der Waals surface area contributed by atoms with Crippen LogP contribution in [0.15, 0.2) is 12.1 Å². The standard InChI is InChI=1S/C15H20ClNO2/c1-9(2)13(8-17)14(18)7-11-6-12(16)5-10-3-4-19-15(10)11/h5-6,9,13H,3-4,7-8,17H2,1-2H3. The number of carbonyl (C=O) groups excluding carboxylic acids is 1. The maximum atomic E-state index is 12.3. The van der Waals surface area contributed by atoms with Gasteiger partial charge < -0.3 is 10.5 Å². The highest BCUT2D eigenvalue weighted by Gasteiger charge is 2.24. The van der Waals surface area contributed by atoms with Gasteiger partial charge in [-0.25, -0.2) is 0 Å². The van der Waals surface area contributed by atoms with Gasteiger partial charge in [0.25, 0.3) is 0 Å². The van der Waals surface area contributed by atoms with Crippen molar-refractivity contribution in [1.29, 1.82) is 0 Å². The summed E-state index contributed by atoms with van der Waals surface area (Å²) in [6, 6.07) is 3.75. The van der Waals surface area contributed by atoms with Crippen molar-refractivity contribution in [1.82, 2.24) is 0 Å². The number of hydrogen-bond acceptors (Lipinski definition) is 3. The fourth-order valence-corrected chi connectivity index (χ4v) is 2.83. The van der Waals surface area contributed by atoms with Gasteiger partial charge in [-0.2, -0.15) is 0 Å². The van der Waals surface area contributed by atoms with E-state index in [1.54, 1.807) is 0 Å². The number of hydrogen-bond donors (Lipinski definition) is 1. The van der Waals surface area contributed by atoms with Gasteiger partial charge in [-0.1, -0.05) is 25.4 Å². The number of carbonyl (C=O) groups is 1. The van der Waals surface area contributed by atoms with Crippen LogP contribution in [0.1, 0.15) is 25.0 Å². The first-order chi connectivity index (χ1) is 9.02. The van der Waals surface area contributed by atoms with E-state index in [0.29, 0.717) is 24.6 Å². The number of nitrogens with two attached hydrogens (primary N) is 1. The Morgan fingerprint density at radius 2 is 2.21 bits per heavy atom.